The number of benzene rings is 1. The van der Waals surface area contributed by atoms with E-state index in [4.69, 9.17) is 9.47 Å². The minimum Gasteiger partial charge on any atom is -0.461 e. The molecule has 248 valence electrons. The molecule has 2 fully saturated rings. The third-order valence-electron chi connectivity index (χ3n) is 7.23. The number of carbonyl (C=O) groups is 5. The van der Waals surface area contributed by atoms with Gasteiger partial charge in [-0.1, -0.05) is 11.8 Å². The second-order valence-electron chi connectivity index (χ2n) is 10.8. The van der Waals surface area contributed by atoms with Crippen molar-refractivity contribution >= 4 is 58.2 Å². The van der Waals surface area contributed by atoms with Crippen LogP contribution in [0.15, 0.2) is 24.3 Å². The van der Waals surface area contributed by atoms with Gasteiger partial charge in [-0.3, -0.25) is 34.7 Å². The van der Waals surface area contributed by atoms with Crippen LogP contribution in [-0.2, 0) is 35.3 Å². The van der Waals surface area contributed by atoms with Crippen molar-refractivity contribution in [2.24, 2.45) is 0 Å². The van der Waals surface area contributed by atoms with Crippen molar-refractivity contribution in [3.8, 4) is 0 Å². The van der Waals surface area contributed by atoms with E-state index in [1.165, 1.54) is 49.9 Å². The lowest BCUT2D eigenvalue weighted by Crippen LogP contribution is -2.63. The zero-order valence-corrected chi connectivity index (χ0v) is 27.3. The van der Waals surface area contributed by atoms with Gasteiger partial charge in [-0.05, 0) is 38.0 Å². The van der Waals surface area contributed by atoms with Crippen molar-refractivity contribution in [3.05, 3.63) is 39.9 Å². The summed E-state index contributed by atoms with van der Waals surface area (Å²) in [6.07, 6.45) is -0.489. The fourth-order valence-electron chi connectivity index (χ4n) is 4.98. The number of amides is 3. The maximum Gasteiger partial charge on any atom is 0.410 e. The molecule has 0 saturated carbocycles. The molecule has 3 amide bonds. The van der Waals surface area contributed by atoms with Gasteiger partial charge in [-0.15, -0.1) is 11.8 Å². The van der Waals surface area contributed by atoms with E-state index in [9.17, 15) is 34.1 Å². The Balaban J connectivity index is 1.49. The molecule has 0 radical (unpaired) electrons. The molecular formula is C28H40N6O9S2. The van der Waals surface area contributed by atoms with Gasteiger partial charge >= 0.3 is 12.1 Å². The largest absolute Gasteiger partial charge is 0.461 e. The van der Waals surface area contributed by atoms with Crippen LogP contribution in [0, 0.1) is 10.1 Å². The quantitative estimate of drug-likeness (QED) is 0.156. The number of nitrogens with zero attached hydrogens (tertiary/aromatic N) is 3. The van der Waals surface area contributed by atoms with Gasteiger partial charge in [0.05, 0.1) is 22.8 Å². The van der Waals surface area contributed by atoms with Gasteiger partial charge in [-0.25, -0.2) is 9.80 Å². The summed E-state index contributed by atoms with van der Waals surface area (Å²) in [6, 6.07) is 5.15. The summed E-state index contributed by atoms with van der Waals surface area (Å²) in [4.78, 5) is 73.5. The molecule has 2 saturated heterocycles. The Bertz CT molecular complexity index is 1240. The molecule has 3 N–H and O–H groups in total. The van der Waals surface area contributed by atoms with Crippen LogP contribution < -0.4 is 16.1 Å². The minimum absolute atomic E-state index is 0.0634. The number of non-ortho nitro benzene ring substituents is 1. The van der Waals surface area contributed by atoms with Crippen molar-refractivity contribution in [3.63, 3.8) is 0 Å². The predicted octanol–water partition coefficient (Wildman–Crippen LogP) is 1.45. The van der Waals surface area contributed by atoms with E-state index < -0.39 is 34.2 Å². The summed E-state index contributed by atoms with van der Waals surface area (Å²) in [5, 5.41) is 17.7. The maximum absolute atomic E-state index is 13.0. The van der Waals surface area contributed by atoms with Gasteiger partial charge in [-0.2, -0.15) is 0 Å². The molecule has 15 nitrogen and oxygen atoms in total. The maximum atomic E-state index is 13.0. The number of hydrogen-bond donors (Lipinski definition) is 3. The Labute approximate surface area is 270 Å². The summed E-state index contributed by atoms with van der Waals surface area (Å²) in [5.41, 5.74) is 3.31. The highest BCUT2D eigenvalue weighted by molar-refractivity contribution is 8.14. The van der Waals surface area contributed by atoms with Gasteiger partial charge in [0, 0.05) is 69.2 Å². The first-order chi connectivity index (χ1) is 21.3. The van der Waals surface area contributed by atoms with Crippen molar-refractivity contribution in [2.45, 2.75) is 69.4 Å². The fourth-order valence-corrected chi connectivity index (χ4v) is 7.07. The number of hydrazine groups is 1. The Morgan fingerprint density at radius 3 is 2.51 bits per heavy atom. The van der Waals surface area contributed by atoms with Crippen LogP contribution in [0.4, 0.5) is 10.5 Å². The molecule has 3 rings (SSSR count). The van der Waals surface area contributed by atoms with E-state index in [1.54, 1.807) is 23.8 Å². The average molecular weight is 669 g/mol. The van der Waals surface area contributed by atoms with Crippen molar-refractivity contribution in [2.75, 3.05) is 38.5 Å². The number of nitrogens with one attached hydrogen (secondary N) is 3. The lowest BCUT2D eigenvalue weighted by atomic mass is 10.1. The number of esters is 1. The topological polar surface area (TPSA) is 190 Å². The van der Waals surface area contributed by atoms with E-state index in [-0.39, 0.29) is 47.2 Å². The van der Waals surface area contributed by atoms with E-state index in [0.717, 1.165) is 11.8 Å². The molecule has 2 aliphatic heterocycles. The standard InChI is InChI=1S/C28H40N6O9S2/c1-17(43-19(3)35)25-12-29-9-10-33(25)31-26(37)13-30-27(38)18(2)44-16-23-11-24(45-20(4)36)14-32(23)28(39)42-15-21-5-7-22(8-6-21)34(40)41/h5-8,17-18,23-25,29H,9-16H2,1-4H3,(H,30,38)(H,31,37)/t17?,18?,23-,24-,25?/m0/s1. The molecule has 0 bridgehead atoms. The Morgan fingerprint density at radius 2 is 1.87 bits per heavy atom. The van der Waals surface area contributed by atoms with Crippen LogP contribution in [0.3, 0.4) is 0 Å². The molecule has 1 aromatic carbocycles. The lowest BCUT2D eigenvalue weighted by molar-refractivity contribution is -0.384. The molecule has 2 heterocycles. The van der Waals surface area contributed by atoms with E-state index >= 15 is 0 Å². The number of nitro groups is 1. The summed E-state index contributed by atoms with van der Waals surface area (Å²) >= 11 is 2.48. The molecule has 3 unspecified atom stereocenters. The molecule has 0 aromatic heterocycles. The molecule has 45 heavy (non-hydrogen) atoms. The second-order valence-corrected chi connectivity index (χ2v) is 13.6. The van der Waals surface area contributed by atoms with Gasteiger partial charge in [0.25, 0.3) is 11.6 Å². The summed E-state index contributed by atoms with van der Waals surface area (Å²) in [6.45, 7) is 7.89. The Hall–Kier alpha value is -3.41. The predicted molar refractivity (Wildman–Crippen MR) is 168 cm³/mol. The summed E-state index contributed by atoms with van der Waals surface area (Å²) < 4.78 is 10.8. The first kappa shape index (κ1) is 36.1. The number of piperazine rings is 1. The average Bonchev–Trinajstić information content (AvgIpc) is 3.39. The number of ether oxygens (including phenoxy) is 2. The number of carbonyl (C=O) groups excluding carboxylic acids is 5. The monoisotopic (exact) mass is 668 g/mol. The molecule has 0 spiro atoms. The van der Waals surface area contributed by atoms with Gasteiger partial charge in [0.2, 0.25) is 5.91 Å². The van der Waals surface area contributed by atoms with Gasteiger partial charge < -0.3 is 25.0 Å². The highest BCUT2D eigenvalue weighted by atomic mass is 32.2. The Morgan fingerprint density at radius 1 is 1.16 bits per heavy atom. The zero-order chi connectivity index (χ0) is 33.1. The fraction of sp³-hybridized carbons (Fsp3) is 0.607. The van der Waals surface area contributed by atoms with Crippen molar-refractivity contribution in [1.82, 2.24) is 26.0 Å². The van der Waals surface area contributed by atoms with Gasteiger partial charge in [0.15, 0.2) is 5.12 Å². The normalized spacial score (nSPS) is 21.3. The van der Waals surface area contributed by atoms with Crippen molar-refractivity contribution < 1.29 is 38.4 Å². The van der Waals surface area contributed by atoms with Gasteiger partial charge in [0.1, 0.15) is 12.7 Å². The molecule has 0 aliphatic carbocycles. The highest BCUT2D eigenvalue weighted by Gasteiger charge is 2.38. The molecule has 2 aliphatic rings. The van der Waals surface area contributed by atoms with Crippen LogP contribution >= 0.6 is 23.5 Å². The lowest BCUT2D eigenvalue weighted by Gasteiger charge is -2.38. The molecule has 5 atom stereocenters. The smallest absolute Gasteiger partial charge is 0.410 e. The first-order valence-electron chi connectivity index (χ1n) is 14.5. The van der Waals surface area contributed by atoms with E-state index in [2.05, 4.69) is 16.1 Å². The van der Waals surface area contributed by atoms with Crippen LogP contribution in [-0.4, -0.2) is 111 Å². The van der Waals surface area contributed by atoms with E-state index in [1.807, 2.05) is 0 Å². The highest BCUT2D eigenvalue weighted by Crippen LogP contribution is 2.31. The number of rotatable bonds is 13. The third-order valence-corrected chi connectivity index (χ3v) is 9.53. The van der Waals surface area contributed by atoms with Crippen molar-refractivity contribution in [1.29, 1.82) is 0 Å². The van der Waals surface area contributed by atoms with Crippen LogP contribution in [0.25, 0.3) is 0 Å². The summed E-state index contributed by atoms with van der Waals surface area (Å²) in [5.74, 6) is -0.769. The number of nitro benzene ring substituents is 1. The second kappa shape index (κ2) is 17.3. The van der Waals surface area contributed by atoms with Crippen LogP contribution in [0.2, 0.25) is 0 Å². The summed E-state index contributed by atoms with van der Waals surface area (Å²) in [7, 11) is 0. The molecular weight excluding hydrogens is 628 g/mol. The third kappa shape index (κ3) is 11.5. The SMILES string of the molecule is CC(=O)OC(C)C1CNCCN1NC(=O)CNC(=O)C(C)SC[C@@H]1C[C@H](SC(C)=O)CN1C(=O)OCc1ccc([N+](=O)[O-])cc1. The molecule has 1 aromatic rings. The Kier molecular flexibility index (Phi) is 13.9. The van der Waals surface area contributed by atoms with Crippen LogP contribution in [0.1, 0.15) is 39.7 Å². The molecule has 17 heteroatoms. The minimum atomic E-state index is -0.575. The number of hydrogen-bond acceptors (Lipinski definition) is 13. The zero-order valence-electron chi connectivity index (χ0n) is 25.7. The van der Waals surface area contributed by atoms with Crippen LogP contribution in [0.5, 0.6) is 0 Å². The number of thioether (sulfide) groups is 2. The first-order valence-corrected chi connectivity index (χ1v) is 16.4. The number of likely N-dealkylation sites (tertiary alicyclic amines) is 1. The van der Waals surface area contributed by atoms with E-state index in [0.29, 0.717) is 43.9 Å².